The van der Waals surface area contributed by atoms with Crippen molar-refractivity contribution in [2.75, 3.05) is 0 Å². The van der Waals surface area contributed by atoms with Gasteiger partial charge in [-0.15, -0.1) is 11.6 Å². The third kappa shape index (κ3) is 2.37. The van der Waals surface area contributed by atoms with Crippen molar-refractivity contribution in [2.45, 2.75) is 89.2 Å². The van der Waals surface area contributed by atoms with Crippen LogP contribution in [0.5, 0.6) is 0 Å². The number of ketones is 1. The molecule has 0 spiro atoms. The lowest BCUT2D eigenvalue weighted by molar-refractivity contribution is -0.171. The van der Waals surface area contributed by atoms with E-state index in [1.165, 1.54) is 6.92 Å². The molecule has 0 aliphatic heterocycles. The van der Waals surface area contributed by atoms with E-state index in [1.807, 2.05) is 0 Å². The van der Waals surface area contributed by atoms with E-state index in [2.05, 4.69) is 13.8 Å². The highest BCUT2D eigenvalue weighted by Gasteiger charge is 2.67. The Labute approximate surface area is 161 Å². The largest absolute Gasteiger partial charge is 0.462 e. The number of aliphatic hydroxyl groups excluding tert-OH is 1. The molecule has 0 radical (unpaired) electrons. The summed E-state index contributed by atoms with van der Waals surface area (Å²) in [6.07, 6.45) is 5.66. The molecular formula is C21H31ClO4. The van der Waals surface area contributed by atoms with Gasteiger partial charge in [-0.1, -0.05) is 13.8 Å². The van der Waals surface area contributed by atoms with Crippen LogP contribution in [0.4, 0.5) is 0 Å². The maximum absolute atomic E-state index is 12.5. The second-order valence-corrected chi connectivity index (χ2v) is 10.5. The summed E-state index contributed by atoms with van der Waals surface area (Å²) in [6.45, 7) is 5.82. The number of Topliss-reactive ketones (excluding diaryl/α,β-unsaturated/α-hetero) is 1. The molecule has 4 fully saturated rings. The Balaban J connectivity index is 1.65. The standard InChI is InChI=1S/C21H31ClO4/c1-12(23)26-13-6-9-20(3)16-7-8-19(2)15(4-5-17(19)24)14(16)10-18(25)21(20,22)11-13/h13-16,18,25H,4-11H2,1-3H3/t13?,14-,15-,16-,18+,19-,20+,21-/m0/s1. The number of alkyl halides is 1. The fraction of sp³-hybridized carbons (Fsp3) is 0.905. The number of hydrogen-bond acceptors (Lipinski definition) is 4. The van der Waals surface area contributed by atoms with Gasteiger partial charge in [-0.3, -0.25) is 9.59 Å². The number of ether oxygens (including phenoxy) is 1. The van der Waals surface area contributed by atoms with Crippen LogP contribution >= 0.6 is 11.6 Å². The summed E-state index contributed by atoms with van der Waals surface area (Å²) in [5.41, 5.74) is -0.376. The second-order valence-electron chi connectivity index (χ2n) is 9.80. The van der Waals surface area contributed by atoms with Gasteiger partial charge in [0.2, 0.25) is 0 Å². The number of carbonyl (C=O) groups is 2. The van der Waals surface area contributed by atoms with Gasteiger partial charge in [-0.05, 0) is 61.7 Å². The first-order valence-corrected chi connectivity index (χ1v) is 10.6. The Morgan fingerprint density at radius 2 is 1.92 bits per heavy atom. The summed E-state index contributed by atoms with van der Waals surface area (Å²) >= 11 is 7.16. The normalized spacial score (nSPS) is 53.4. The van der Waals surface area contributed by atoms with Crippen molar-refractivity contribution in [1.82, 2.24) is 0 Å². The van der Waals surface area contributed by atoms with Crippen LogP contribution in [0, 0.1) is 28.6 Å². The summed E-state index contributed by atoms with van der Waals surface area (Å²) in [6, 6.07) is 0. The van der Waals surface area contributed by atoms with E-state index < -0.39 is 11.0 Å². The van der Waals surface area contributed by atoms with E-state index in [0.717, 1.165) is 32.1 Å². The summed E-state index contributed by atoms with van der Waals surface area (Å²) in [4.78, 5) is 23.2. The Kier molecular flexibility index (Phi) is 4.28. The first kappa shape index (κ1) is 18.7. The van der Waals surface area contributed by atoms with Crippen LogP contribution in [0.1, 0.15) is 72.1 Å². The molecule has 4 aliphatic rings. The first-order valence-electron chi connectivity index (χ1n) is 10.2. The highest BCUT2D eigenvalue weighted by Crippen LogP contribution is 2.68. The lowest BCUT2D eigenvalue weighted by atomic mass is 9.44. The third-order valence-electron chi connectivity index (χ3n) is 8.78. The lowest BCUT2D eigenvalue weighted by Gasteiger charge is -2.64. The molecule has 26 heavy (non-hydrogen) atoms. The van der Waals surface area contributed by atoms with Crippen LogP contribution < -0.4 is 0 Å². The predicted molar refractivity (Wildman–Crippen MR) is 98.8 cm³/mol. The predicted octanol–water partition coefficient (Wildman–Crippen LogP) is 3.86. The van der Waals surface area contributed by atoms with Gasteiger partial charge in [-0.2, -0.15) is 0 Å². The minimum Gasteiger partial charge on any atom is -0.462 e. The van der Waals surface area contributed by atoms with Gasteiger partial charge in [0.15, 0.2) is 0 Å². The van der Waals surface area contributed by atoms with E-state index in [9.17, 15) is 14.7 Å². The molecule has 0 bridgehead atoms. The molecule has 0 aromatic rings. The monoisotopic (exact) mass is 382 g/mol. The van der Waals surface area contributed by atoms with Crippen LogP contribution in [0.3, 0.4) is 0 Å². The topological polar surface area (TPSA) is 63.6 Å². The van der Waals surface area contributed by atoms with Crippen molar-refractivity contribution >= 4 is 23.4 Å². The third-order valence-corrected chi connectivity index (χ3v) is 9.62. The molecule has 5 heteroatoms. The molecule has 8 atom stereocenters. The fourth-order valence-corrected chi connectivity index (χ4v) is 7.80. The van der Waals surface area contributed by atoms with Gasteiger partial charge < -0.3 is 9.84 Å². The molecule has 0 amide bonds. The number of rotatable bonds is 1. The Bertz CT molecular complexity index is 636. The zero-order chi connectivity index (χ0) is 18.9. The number of carbonyl (C=O) groups excluding carboxylic acids is 2. The van der Waals surface area contributed by atoms with Crippen LogP contribution in [-0.2, 0) is 14.3 Å². The lowest BCUT2D eigenvalue weighted by Crippen LogP contribution is -2.66. The van der Waals surface area contributed by atoms with Gasteiger partial charge in [0.1, 0.15) is 11.9 Å². The van der Waals surface area contributed by atoms with Crippen LogP contribution in [0.15, 0.2) is 0 Å². The van der Waals surface area contributed by atoms with Crippen molar-refractivity contribution < 1.29 is 19.4 Å². The van der Waals surface area contributed by atoms with E-state index in [1.54, 1.807) is 0 Å². The molecular weight excluding hydrogens is 352 g/mol. The Morgan fingerprint density at radius 1 is 1.19 bits per heavy atom. The van der Waals surface area contributed by atoms with Gasteiger partial charge in [0, 0.05) is 25.2 Å². The quantitative estimate of drug-likeness (QED) is 0.552. The van der Waals surface area contributed by atoms with Crippen LogP contribution in [0.25, 0.3) is 0 Å². The molecule has 4 aliphatic carbocycles. The number of halogens is 1. The maximum Gasteiger partial charge on any atom is 0.302 e. The van der Waals surface area contributed by atoms with Crippen LogP contribution in [-0.4, -0.2) is 33.9 Å². The van der Waals surface area contributed by atoms with Gasteiger partial charge in [-0.25, -0.2) is 0 Å². The number of fused-ring (bicyclic) bond motifs is 5. The average molecular weight is 383 g/mol. The molecule has 0 heterocycles. The summed E-state index contributed by atoms with van der Waals surface area (Å²) < 4.78 is 5.46. The van der Waals surface area contributed by atoms with Crippen molar-refractivity contribution in [1.29, 1.82) is 0 Å². The highest BCUT2D eigenvalue weighted by molar-refractivity contribution is 6.25. The highest BCUT2D eigenvalue weighted by atomic mass is 35.5. The zero-order valence-electron chi connectivity index (χ0n) is 16.1. The van der Waals surface area contributed by atoms with E-state index >= 15 is 0 Å². The van der Waals surface area contributed by atoms with Crippen molar-refractivity contribution in [3.05, 3.63) is 0 Å². The summed E-state index contributed by atoms with van der Waals surface area (Å²) in [5, 5.41) is 11.1. The SMILES string of the molecule is CC(=O)OC1CC[C@]2(C)[C@H]3CC[C@]4(C)C(=O)CC[C@H]4[C@@H]3C[C@@H](O)[C@@]2(Cl)C1. The molecule has 0 aromatic heterocycles. The van der Waals surface area contributed by atoms with Gasteiger partial charge >= 0.3 is 5.97 Å². The molecule has 4 nitrogen and oxygen atoms in total. The van der Waals surface area contributed by atoms with Crippen molar-refractivity contribution in [3.63, 3.8) is 0 Å². The van der Waals surface area contributed by atoms with Crippen molar-refractivity contribution in [3.8, 4) is 0 Å². The molecule has 0 aromatic carbocycles. The Morgan fingerprint density at radius 3 is 2.62 bits per heavy atom. The van der Waals surface area contributed by atoms with E-state index in [-0.39, 0.29) is 22.9 Å². The van der Waals surface area contributed by atoms with E-state index in [4.69, 9.17) is 16.3 Å². The second kappa shape index (κ2) is 5.94. The van der Waals surface area contributed by atoms with Crippen LogP contribution in [0.2, 0.25) is 0 Å². The van der Waals surface area contributed by atoms with Crippen molar-refractivity contribution in [2.24, 2.45) is 28.6 Å². The molecule has 0 saturated heterocycles. The maximum atomic E-state index is 12.5. The minimum atomic E-state index is -0.747. The van der Waals surface area contributed by atoms with Gasteiger partial charge in [0.25, 0.3) is 0 Å². The number of hydrogen-bond donors (Lipinski definition) is 1. The first-order chi connectivity index (χ1) is 12.1. The minimum absolute atomic E-state index is 0.180. The molecule has 4 saturated carbocycles. The number of aliphatic hydroxyl groups is 1. The Hall–Kier alpha value is -0.610. The molecule has 1 N–H and O–H groups in total. The van der Waals surface area contributed by atoms with Gasteiger partial charge in [0.05, 0.1) is 11.0 Å². The fourth-order valence-electron chi connectivity index (χ4n) is 7.30. The summed E-state index contributed by atoms with van der Waals surface area (Å²) in [5.74, 6) is 1.33. The molecule has 146 valence electrons. The summed E-state index contributed by atoms with van der Waals surface area (Å²) in [7, 11) is 0. The molecule has 4 rings (SSSR count). The molecule has 1 unspecified atom stereocenters. The van der Waals surface area contributed by atoms with E-state index in [0.29, 0.717) is 42.8 Å². The smallest absolute Gasteiger partial charge is 0.302 e. The number of esters is 1. The average Bonchev–Trinajstić information content (AvgIpc) is 2.86. The zero-order valence-corrected chi connectivity index (χ0v) is 16.8.